The normalized spacial score (nSPS) is 16.2. The van der Waals surface area contributed by atoms with E-state index in [9.17, 15) is 9.59 Å². The van der Waals surface area contributed by atoms with Crippen LogP contribution in [0.15, 0.2) is 22.8 Å². The van der Waals surface area contributed by atoms with Crippen LogP contribution in [0.1, 0.15) is 18.6 Å². The van der Waals surface area contributed by atoms with Gasteiger partial charge in [0.1, 0.15) is 5.76 Å². The maximum atomic E-state index is 11.5. The highest BCUT2D eigenvalue weighted by molar-refractivity contribution is 5.85. The number of hydrogen-bond acceptors (Lipinski definition) is 4. The lowest BCUT2D eigenvalue weighted by Crippen LogP contribution is -2.40. The van der Waals surface area contributed by atoms with E-state index in [-0.39, 0.29) is 18.9 Å². The summed E-state index contributed by atoms with van der Waals surface area (Å²) in [6.07, 6.45) is 2.34. The highest BCUT2D eigenvalue weighted by Gasteiger charge is 2.22. The number of hydrogen-bond donors (Lipinski definition) is 0. The molecule has 1 aromatic rings. The van der Waals surface area contributed by atoms with Crippen LogP contribution in [-0.2, 0) is 16.1 Å². The number of Topliss-reactive ketones (excluding diaryl/α,β-unsaturated/α-hetero) is 1. The standard InChI is InChI=1S/C11H13NO4/c13-9-3-1-5-12(7-9)11(14)16-8-10-4-2-6-15-10/h2,4,6H,1,3,5,7-8H2. The third-order valence-electron chi connectivity index (χ3n) is 2.43. The van der Waals surface area contributed by atoms with Crippen molar-refractivity contribution in [2.75, 3.05) is 13.1 Å². The third-order valence-corrected chi connectivity index (χ3v) is 2.43. The fourth-order valence-corrected chi connectivity index (χ4v) is 1.61. The summed E-state index contributed by atoms with van der Waals surface area (Å²) in [5.41, 5.74) is 0. The van der Waals surface area contributed by atoms with Crippen LogP contribution in [0.3, 0.4) is 0 Å². The van der Waals surface area contributed by atoms with E-state index in [1.54, 1.807) is 12.1 Å². The zero-order chi connectivity index (χ0) is 11.4. The first-order valence-electron chi connectivity index (χ1n) is 5.21. The van der Waals surface area contributed by atoms with Crippen LogP contribution in [-0.4, -0.2) is 29.9 Å². The molecule has 5 heteroatoms. The largest absolute Gasteiger partial charge is 0.466 e. The van der Waals surface area contributed by atoms with Crippen LogP contribution < -0.4 is 0 Å². The van der Waals surface area contributed by atoms with Crippen LogP contribution in [0, 0.1) is 0 Å². The molecule has 1 saturated heterocycles. The second-order valence-corrected chi connectivity index (χ2v) is 3.70. The Labute approximate surface area is 93.0 Å². The van der Waals surface area contributed by atoms with Crippen LogP contribution in [0.5, 0.6) is 0 Å². The number of rotatable bonds is 2. The van der Waals surface area contributed by atoms with Crippen LogP contribution in [0.4, 0.5) is 4.79 Å². The van der Waals surface area contributed by atoms with Gasteiger partial charge in [0.15, 0.2) is 12.4 Å². The zero-order valence-electron chi connectivity index (χ0n) is 8.85. The van der Waals surface area contributed by atoms with Gasteiger partial charge in [-0.15, -0.1) is 0 Å². The summed E-state index contributed by atoms with van der Waals surface area (Å²) in [5, 5.41) is 0. The maximum absolute atomic E-state index is 11.5. The average molecular weight is 223 g/mol. The number of nitrogens with zero attached hydrogens (tertiary/aromatic N) is 1. The van der Waals surface area contributed by atoms with Gasteiger partial charge in [0.2, 0.25) is 0 Å². The van der Waals surface area contributed by atoms with Crippen molar-refractivity contribution in [1.29, 1.82) is 0 Å². The summed E-state index contributed by atoms with van der Waals surface area (Å²) in [4.78, 5) is 24.1. The Morgan fingerprint density at radius 2 is 2.44 bits per heavy atom. The molecule has 1 aromatic heterocycles. The first-order valence-corrected chi connectivity index (χ1v) is 5.21. The van der Waals surface area contributed by atoms with Gasteiger partial charge in [-0.2, -0.15) is 0 Å². The minimum absolute atomic E-state index is 0.0844. The van der Waals surface area contributed by atoms with Gasteiger partial charge in [-0.25, -0.2) is 4.79 Å². The molecule has 1 amide bonds. The number of carbonyl (C=O) groups excluding carboxylic acids is 2. The van der Waals surface area contributed by atoms with E-state index in [1.807, 2.05) is 0 Å². The van der Waals surface area contributed by atoms with Crippen molar-refractivity contribution in [3.8, 4) is 0 Å². The summed E-state index contributed by atoms with van der Waals surface area (Å²) in [6, 6.07) is 3.46. The highest BCUT2D eigenvalue weighted by Crippen LogP contribution is 2.09. The Kier molecular flexibility index (Phi) is 3.24. The fraction of sp³-hybridized carbons (Fsp3) is 0.455. The van der Waals surface area contributed by atoms with Crippen molar-refractivity contribution in [3.63, 3.8) is 0 Å². The van der Waals surface area contributed by atoms with Crippen molar-refractivity contribution in [1.82, 2.24) is 4.90 Å². The topological polar surface area (TPSA) is 59.8 Å². The molecule has 0 aromatic carbocycles. The fourth-order valence-electron chi connectivity index (χ4n) is 1.61. The lowest BCUT2D eigenvalue weighted by molar-refractivity contribution is -0.121. The molecule has 1 fully saturated rings. The van der Waals surface area contributed by atoms with Gasteiger partial charge in [0, 0.05) is 13.0 Å². The molecule has 0 N–H and O–H groups in total. The molecule has 0 radical (unpaired) electrons. The van der Waals surface area contributed by atoms with Crippen molar-refractivity contribution < 1.29 is 18.7 Å². The number of furan rings is 1. The van der Waals surface area contributed by atoms with E-state index >= 15 is 0 Å². The van der Waals surface area contributed by atoms with E-state index in [0.717, 1.165) is 0 Å². The van der Waals surface area contributed by atoms with E-state index in [0.29, 0.717) is 25.1 Å². The molecule has 2 rings (SSSR count). The number of likely N-dealkylation sites (tertiary alicyclic amines) is 1. The Balaban J connectivity index is 1.81. The molecule has 0 aliphatic carbocycles. The zero-order valence-corrected chi connectivity index (χ0v) is 8.85. The van der Waals surface area contributed by atoms with Gasteiger partial charge in [-0.3, -0.25) is 4.79 Å². The summed E-state index contributed by atoms with van der Waals surface area (Å²) in [6.45, 7) is 0.857. The number of ketones is 1. The Hall–Kier alpha value is -1.78. The van der Waals surface area contributed by atoms with Crippen molar-refractivity contribution >= 4 is 11.9 Å². The van der Waals surface area contributed by atoms with E-state index < -0.39 is 6.09 Å². The van der Waals surface area contributed by atoms with Crippen molar-refractivity contribution in [2.45, 2.75) is 19.4 Å². The van der Waals surface area contributed by atoms with Crippen molar-refractivity contribution in [3.05, 3.63) is 24.2 Å². The average Bonchev–Trinajstić information content (AvgIpc) is 2.78. The Morgan fingerprint density at radius 1 is 1.56 bits per heavy atom. The minimum Gasteiger partial charge on any atom is -0.466 e. The molecule has 0 bridgehead atoms. The third kappa shape index (κ3) is 2.62. The lowest BCUT2D eigenvalue weighted by Gasteiger charge is -2.24. The number of amides is 1. The second kappa shape index (κ2) is 4.83. The summed E-state index contributed by atoms with van der Waals surface area (Å²) in [7, 11) is 0. The summed E-state index contributed by atoms with van der Waals surface area (Å²) in [5.74, 6) is 0.679. The van der Waals surface area contributed by atoms with Gasteiger partial charge in [0.05, 0.1) is 12.8 Å². The number of carbonyl (C=O) groups is 2. The molecule has 1 aliphatic heterocycles. The SMILES string of the molecule is O=C1CCCN(C(=O)OCc2ccco2)C1. The van der Waals surface area contributed by atoms with Gasteiger partial charge in [-0.1, -0.05) is 0 Å². The molecule has 2 heterocycles. The minimum atomic E-state index is -0.454. The molecular formula is C11H13NO4. The lowest BCUT2D eigenvalue weighted by atomic mass is 10.1. The van der Waals surface area contributed by atoms with Gasteiger partial charge in [0.25, 0.3) is 0 Å². The first-order chi connectivity index (χ1) is 7.75. The van der Waals surface area contributed by atoms with Crippen LogP contribution in [0.2, 0.25) is 0 Å². The summed E-state index contributed by atoms with van der Waals surface area (Å²) >= 11 is 0. The molecule has 5 nitrogen and oxygen atoms in total. The Morgan fingerprint density at radius 3 is 3.12 bits per heavy atom. The smallest absolute Gasteiger partial charge is 0.410 e. The molecule has 0 saturated carbocycles. The van der Waals surface area contributed by atoms with Gasteiger partial charge in [-0.05, 0) is 18.6 Å². The van der Waals surface area contributed by atoms with Crippen LogP contribution in [0.25, 0.3) is 0 Å². The van der Waals surface area contributed by atoms with Gasteiger partial charge < -0.3 is 14.1 Å². The molecular weight excluding hydrogens is 210 g/mol. The number of ether oxygens (including phenoxy) is 1. The van der Waals surface area contributed by atoms with Gasteiger partial charge >= 0.3 is 6.09 Å². The number of piperidine rings is 1. The van der Waals surface area contributed by atoms with E-state index in [1.165, 1.54) is 11.2 Å². The maximum Gasteiger partial charge on any atom is 0.410 e. The molecule has 86 valence electrons. The molecule has 0 spiro atoms. The molecule has 16 heavy (non-hydrogen) atoms. The monoisotopic (exact) mass is 223 g/mol. The van der Waals surface area contributed by atoms with Crippen LogP contribution >= 0.6 is 0 Å². The first kappa shape index (κ1) is 10.7. The molecule has 0 unspecified atom stereocenters. The quantitative estimate of drug-likeness (QED) is 0.763. The molecule has 1 aliphatic rings. The summed E-state index contributed by atoms with van der Waals surface area (Å²) < 4.78 is 10.0. The molecule has 0 atom stereocenters. The van der Waals surface area contributed by atoms with Crippen molar-refractivity contribution in [2.24, 2.45) is 0 Å². The highest BCUT2D eigenvalue weighted by atomic mass is 16.6. The van der Waals surface area contributed by atoms with E-state index in [2.05, 4.69) is 0 Å². The predicted octanol–water partition coefficient (Wildman–Crippen LogP) is 1.58. The Bertz CT molecular complexity index is 371. The predicted molar refractivity (Wildman–Crippen MR) is 54.7 cm³/mol. The van der Waals surface area contributed by atoms with E-state index in [4.69, 9.17) is 9.15 Å². The second-order valence-electron chi connectivity index (χ2n) is 3.70.